The van der Waals surface area contributed by atoms with Crippen LogP contribution < -0.4 is 5.32 Å². The molecule has 2 saturated carbocycles. The van der Waals surface area contributed by atoms with Crippen LogP contribution in [0.15, 0.2) is 0 Å². The summed E-state index contributed by atoms with van der Waals surface area (Å²) >= 11 is 0. The van der Waals surface area contributed by atoms with Gasteiger partial charge in [-0.2, -0.15) is 5.26 Å². The van der Waals surface area contributed by atoms with Gasteiger partial charge in [-0.25, -0.2) is 0 Å². The van der Waals surface area contributed by atoms with Crippen LogP contribution in [0.1, 0.15) is 71.1 Å². The molecule has 2 heteroatoms. The second-order valence-corrected chi connectivity index (χ2v) is 6.04. The first kappa shape index (κ1) is 12.9. The fourth-order valence-corrected chi connectivity index (χ4v) is 3.58. The molecule has 2 aliphatic rings. The Morgan fingerprint density at radius 2 is 1.88 bits per heavy atom. The molecule has 0 heterocycles. The summed E-state index contributed by atoms with van der Waals surface area (Å²) < 4.78 is 0. The van der Waals surface area contributed by atoms with Crippen LogP contribution in [-0.2, 0) is 0 Å². The fraction of sp³-hybridized carbons (Fsp3) is 0.933. The third-order valence-electron chi connectivity index (χ3n) is 4.74. The summed E-state index contributed by atoms with van der Waals surface area (Å²) in [6, 6.07) is 3.20. The summed E-state index contributed by atoms with van der Waals surface area (Å²) in [6.07, 6.45) is 12.6. The van der Waals surface area contributed by atoms with Gasteiger partial charge in [-0.05, 0) is 38.0 Å². The predicted molar refractivity (Wildman–Crippen MR) is 70.6 cm³/mol. The Balaban J connectivity index is 1.93. The zero-order valence-electron chi connectivity index (χ0n) is 11.2. The molecule has 2 rings (SSSR count). The SMILES string of the molecule is CCC1CCC(C#N)(NC2CCCCCC2)C1. The topological polar surface area (TPSA) is 35.8 Å². The Labute approximate surface area is 106 Å². The average Bonchev–Trinajstić information content (AvgIpc) is 2.59. The van der Waals surface area contributed by atoms with Crippen LogP contribution in [0, 0.1) is 17.2 Å². The summed E-state index contributed by atoms with van der Waals surface area (Å²) in [5.74, 6) is 0.771. The van der Waals surface area contributed by atoms with E-state index in [1.807, 2.05) is 0 Å². The molecule has 0 radical (unpaired) electrons. The first-order valence-corrected chi connectivity index (χ1v) is 7.47. The minimum atomic E-state index is -0.185. The minimum Gasteiger partial charge on any atom is -0.297 e. The maximum absolute atomic E-state index is 9.52. The highest BCUT2D eigenvalue weighted by Crippen LogP contribution is 2.37. The molecule has 0 aromatic rings. The molecule has 0 aromatic heterocycles. The maximum atomic E-state index is 9.52. The average molecular weight is 234 g/mol. The van der Waals surface area contributed by atoms with E-state index in [4.69, 9.17) is 0 Å². The van der Waals surface area contributed by atoms with Gasteiger partial charge in [-0.15, -0.1) is 0 Å². The lowest BCUT2D eigenvalue weighted by Gasteiger charge is -2.29. The van der Waals surface area contributed by atoms with Crippen LogP contribution >= 0.6 is 0 Å². The van der Waals surface area contributed by atoms with E-state index in [9.17, 15) is 5.26 Å². The second kappa shape index (κ2) is 5.87. The van der Waals surface area contributed by atoms with Crippen molar-refractivity contribution in [1.29, 1.82) is 5.26 Å². The van der Waals surface area contributed by atoms with Gasteiger partial charge in [0.25, 0.3) is 0 Å². The quantitative estimate of drug-likeness (QED) is 0.754. The number of hydrogen-bond acceptors (Lipinski definition) is 2. The molecule has 0 bridgehead atoms. The van der Waals surface area contributed by atoms with E-state index in [-0.39, 0.29) is 5.54 Å². The van der Waals surface area contributed by atoms with Gasteiger partial charge in [0.2, 0.25) is 0 Å². The van der Waals surface area contributed by atoms with Gasteiger partial charge in [0.1, 0.15) is 5.54 Å². The van der Waals surface area contributed by atoms with Crippen molar-refractivity contribution in [2.75, 3.05) is 0 Å². The lowest BCUT2D eigenvalue weighted by molar-refractivity contribution is 0.325. The van der Waals surface area contributed by atoms with Gasteiger partial charge in [0.05, 0.1) is 6.07 Å². The molecular weight excluding hydrogens is 208 g/mol. The highest BCUT2D eigenvalue weighted by atomic mass is 15.0. The van der Waals surface area contributed by atoms with Gasteiger partial charge in [0, 0.05) is 6.04 Å². The highest BCUT2D eigenvalue weighted by Gasteiger charge is 2.39. The molecule has 96 valence electrons. The van der Waals surface area contributed by atoms with Crippen molar-refractivity contribution in [3.05, 3.63) is 0 Å². The molecule has 2 fully saturated rings. The minimum absolute atomic E-state index is 0.185. The number of rotatable bonds is 3. The summed E-state index contributed by atoms with van der Waals surface area (Å²) in [6.45, 7) is 2.25. The van der Waals surface area contributed by atoms with Crippen LogP contribution in [0.2, 0.25) is 0 Å². The van der Waals surface area contributed by atoms with E-state index in [1.54, 1.807) is 0 Å². The number of nitrogens with one attached hydrogen (secondary N) is 1. The molecule has 0 aromatic carbocycles. The number of hydrogen-bond donors (Lipinski definition) is 1. The van der Waals surface area contributed by atoms with Crippen molar-refractivity contribution in [3.8, 4) is 6.07 Å². The lowest BCUT2D eigenvalue weighted by Crippen LogP contribution is -2.47. The molecule has 0 saturated heterocycles. The van der Waals surface area contributed by atoms with Gasteiger partial charge in [-0.3, -0.25) is 5.32 Å². The monoisotopic (exact) mass is 234 g/mol. The lowest BCUT2D eigenvalue weighted by atomic mass is 9.94. The van der Waals surface area contributed by atoms with Gasteiger partial charge in [-0.1, -0.05) is 39.0 Å². The molecule has 2 unspecified atom stereocenters. The Kier molecular flexibility index (Phi) is 4.45. The predicted octanol–water partition coefficient (Wildman–Crippen LogP) is 3.77. The molecule has 0 amide bonds. The zero-order chi connectivity index (χ0) is 12.1. The third-order valence-corrected chi connectivity index (χ3v) is 4.74. The smallest absolute Gasteiger partial charge is 0.107 e. The number of nitrogens with zero attached hydrogens (tertiary/aromatic N) is 1. The Morgan fingerprint density at radius 1 is 1.18 bits per heavy atom. The van der Waals surface area contributed by atoms with Crippen molar-refractivity contribution in [3.63, 3.8) is 0 Å². The Hall–Kier alpha value is -0.550. The zero-order valence-corrected chi connectivity index (χ0v) is 11.2. The van der Waals surface area contributed by atoms with Crippen molar-refractivity contribution in [1.82, 2.24) is 5.32 Å². The standard InChI is InChI=1S/C15H26N2/c1-2-13-9-10-15(11-13,12-16)17-14-7-5-3-4-6-8-14/h13-14,17H,2-11H2,1H3. The highest BCUT2D eigenvalue weighted by molar-refractivity contribution is 5.12. The molecule has 17 heavy (non-hydrogen) atoms. The summed E-state index contributed by atoms with van der Waals surface area (Å²) in [4.78, 5) is 0. The molecule has 2 nitrogen and oxygen atoms in total. The van der Waals surface area contributed by atoms with E-state index in [0.29, 0.717) is 6.04 Å². The second-order valence-electron chi connectivity index (χ2n) is 6.04. The maximum Gasteiger partial charge on any atom is 0.107 e. The molecular formula is C15H26N2. The Bertz CT molecular complexity index is 273. The molecule has 0 spiro atoms. The normalized spacial score (nSPS) is 35.4. The fourth-order valence-electron chi connectivity index (χ4n) is 3.58. The summed E-state index contributed by atoms with van der Waals surface area (Å²) in [5, 5.41) is 13.2. The van der Waals surface area contributed by atoms with E-state index in [0.717, 1.165) is 18.8 Å². The van der Waals surface area contributed by atoms with Crippen LogP contribution in [0.4, 0.5) is 0 Å². The van der Waals surface area contributed by atoms with Crippen molar-refractivity contribution in [2.45, 2.75) is 82.7 Å². The van der Waals surface area contributed by atoms with Crippen LogP contribution in [0.25, 0.3) is 0 Å². The van der Waals surface area contributed by atoms with Crippen molar-refractivity contribution in [2.24, 2.45) is 5.92 Å². The first-order chi connectivity index (χ1) is 8.28. The molecule has 2 aliphatic carbocycles. The van der Waals surface area contributed by atoms with Crippen LogP contribution in [0.5, 0.6) is 0 Å². The van der Waals surface area contributed by atoms with Gasteiger partial charge in [0.15, 0.2) is 0 Å². The molecule has 2 atom stereocenters. The van der Waals surface area contributed by atoms with E-state index in [2.05, 4.69) is 18.3 Å². The summed E-state index contributed by atoms with van der Waals surface area (Å²) in [7, 11) is 0. The van der Waals surface area contributed by atoms with E-state index < -0.39 is 0 Å². The largest absolute Gasteiger partial charge is 0.297 e. The first-order valence-electron chi connectivity index (χ1n) is 7.47. The molecule has 1 N–H and O–H groups in total. The Morgan fingerprint density at radius 3 is 2.41 bits per heavy atom. The summed E-state index contributed by atoms with van der Waals surface area (Å²) in [5.41, 5.74) is -0.185. The van der Waals surface area contributed by atoms with Crippen molar-refractivity contribution < 1.29 is 0 Å². The van der Waals surface area contributed by atoms with E-state index in [1.165, 1.54) is 51.4 Å². The van der Waals surface area contributed by atoms with E-state index >= 15 is 0 Å². The van der Waals surface area contributed by atoms with Gasteiger partial charge < -0.3 is 0 Å². The van der Waals surface area contributed by atoms with Crippen LogP contribution in [0.3, 0.4) is 0 Å². The van der Waals surface area contributed by atoms with Crippen molar-refractivity contribution >= 4 is 0 Å². The third kappa shape index (κ3) is 3.22. The molecule has 0 aliphatic heterocycles. The number of nitriles is 1. The van der Waals surface area contributed by atoms with Gasteiger partial charge >= 0.3 is 0 Å². The van der Waals surface area contributed by atoms with Crippen LogP contribution in [-0.4, -0.2) is 11.6 Å².